The fourth-order valence-electron chi connectivity index (χ4n) is 2.17. The Morgan fingerprint density at radius 3 is 2.76 bits per heavy atom. The minimum absolute atomic E-state index is 0.309. The third-order valence-electron chi connectivity index (χ3n) is 3.32. The van der Waals surface area contributed by atoms with Crippen molar-refractivity contribution in [2.75, 3.05) is 0 Å². The summed E-state index contributed by atoms with van der Waals surface area (Å²) in [6.45, 7) is 1.96. The Balaban J connectivity index is 1.80. The number of nitrogens with zero attached hydrogens (tertiary/aromatic N) is 3. The van der Waals surface area contributed by atoms with Crippen molar-refractivity contribution >= 4 is 0 Å². The molecule has 0 aliphatic heterocycles. The first-order valence-corrected chi connectivity index (χ1v) is 6.78. The van der Waals surface area contributed by atoms with E-state index in [0.29, 0.717) is 18.1 Å². The van der Waals surface area contributed by atoms with Crippen LogP contribution in [0, 0.1) is 6.92 Å². The molecule has 0 amide bonds. The van der Waals surface area contributed by atoms with Crippen LogP contribution in [0.5, 0.6) is 0 Å². The minimum atomic E-state index is -0.309. The molecular formula is C16H16N4O. The number of hydrogen-bond donors (Lipinski definition) is 1. The molecule has 0 radical (unpaired) electrons. The summed E-state index contributed by atoms with van der Waals surface area (Å²) in [4.78, 5) is 8.46. The SMILES string of the molecule is Cc1cnccc1-c1noc([C@@H](N)Cc2ccccc2)n1. The van der Waals surface area contributed by atoms with Crippen molar-refractivity contribution in [3.8, 4) is 11.4 Å². The Morgan fingerprint density at radius 1 is 1.19 bits per heavy atom. The molecule has 5 heteroatoms. The van der Waals surface area contributed by atoms with Crippen LogP contribution in [0.2, 0.25) is 0 Å². The molecule has 2 N–H and O–H groups in total. The molecule has 2 heterocycles. The van der Waals surface area contributed by atoms with Crippen LogP contribution in [0.15, 0.2) is 53.3 Å². The first kappa shape index (κ1) is 13.5. The highest BCUT2D eigenvalue weighted by molar-refractivity contribution is 5.57. The van der Waals surface area contributed by atoms with E-state index in [4.69, 9.17) is 10.3 Å². The molecule has 0 aliphatic rings. The molecule has 1 atom stereocenters. The van der Waals surface area contributed by atoms with Gasteiger partial charge in [-0.15, -0.1) is 0 Å². The van der Waals surface area contributed by atoms with Gasteiger partial charge in [0.15, 0.2) is 0 Å². The molecule has 0 unspecified atom stereocenters. The molecule has 21 heavy (non-hydrogen) atoms. The molecule has 0 aliphatic carbocycles. The van der Waals surface area contributed by atoms with Crippen molar-refractivity contribution in [2.45, 2.75) is 19.4 Å². The van der Waals surface area contributed by atoms with E-state index in [0.717, 1.165) is 16.7 Å². The van der Waals surface area contributed by atoms with Crippen LogP contribution in [-0.2, 0) is 6.42 Å². The van der Waals surface area contributed by atoms with Crippen molar-refractivity contribution < 1.29 is 4.52 Å². The molecule has 0 saturated carbocycles. The summed E-state index contributed by atoms with van der Waals surface area (Å²) < 4.78 is 5.30. The van der Waals surface area contributed by atoms with Gasteiger partial charge in [-0.25, -0.2) is 0 Å². The van der Waals surface area contributed by atoms with Gasteiger partial charge in [-0.2, -0.15) is 4.98 Å². The van der Waals surface area contributed by atoms with E-state index < -0.39 is 0 Å². The normalized spacial score (nSPS) is 12.3. The van der Waals surface area contributed by atoms with Gasteiger partial charge in [0.1, 0.15) is 0 Å². The summed E-state index contributed by atoms with van der Waals surface area (Å²) in [7, 11) is 0. The first-order valence-electron chi connectivity index (χ1n) is 6.78. The van der Waals surface area contributed by atoms with Gasteiger partial charge < -0.3 is 10.3 Å². The third-order valence-corrected chi connectivity index (χ3v) is 3.32. The molecule has 2 aromatic heterocycles. The number of pyridine rings is 1. The van der Waals surface area contributed by atoms with Crippen LogP contribution in [0.1, 0.15) is 23.1 Å². The van der Waals surface area contributed by atoms with Crippen molar-refractivity contribution in [3.63, 3.8) is 0 Å². The van der Waals surface area contributed by atoms with Crippen LogP contribution in [0.4, 0.5) is 0 Å². The van der Waals surface area contributed by atoms with Crippen LogP contribution < -0.4 is 5.73 Å². The molecule has 0 saturated heterocycles. The van der Waals surface area contributed by atoms with Crippen LogP contribution in [0.3, 0.4) is 0 Å². The van der Waals surface area contributed by atoms with E-state index in [-0.39, 0.29) is 6.04 Å². The number of nitrogens with two attached hydrogens (primary N) is 1. The fourth-order valence-corrected chi connectivity index (χ4v) is 2.17. The van der Waals surface area contributed by atoms with E-state index in [1.165, 1.54) is 0 Å². The van der Waals surface area contributed by atoms with Crippen LogP contribution in [0.25, 0.3) is 11.4 Å². The van der Waals surface area contributed by atoms with Crippen molar-refractivity contribution in [1.29, 1.82) is 0 Å². The topological polar surface area (TPSA) is 77.8 Å². The maximum atomic E-state index is 6.15. The Bertz CT molecular complexity index is 724. The lowest BCUT2D eigenvalue weighted by Gasteiger charge is -2.06. The molecule has 0 fully saturated rings. The predicted molar refractivity (Wildman–Crippen MR) is 79.3 cm³/mol. The lowest BCUT2D eigenvalue weighted by atomic mass is 10.1. The zero-order valence-electron chi connectivity index (χ0n) is 11.7. The summed E-state index contributed by atoms with van der Waals surface area (Å²) >= 11 is 0. The fraction of sp³-hybridized carbons (Fsp3) is 0.188. The molecule has 106 valence electrons. The average molecular weight is 280 g/mol. The molecule has 0 spiro atoms. The van der Waals surface area contributed by atoms with Crippen LogP contribution in [-0.4, -0.2) is 15.1 Å². The Kier molecular flexibility index (Phi) is 3.75. The minimum Gasteiger partial charge on any atom is -0.337 e. The largest absolute Gasteiger partial charge is 0.337 e. The van der Waals surface area contributed by atoms with Crippen molar-refractivity contribution in [1.82, 2.24) is 15.1 Å². The van der Waals surface area contributed by atoms with Gasteiger partial charge in [0, 0.05) is 18.0 Å². The second-order valence-electron chi connectivity index (χ2n) is 4.94. The third kappa shape index (κ3) is 2.98. The number of aryl methyl sites for hydroxylation is 1. The number of hydrogen-bond acceptors (Lipinski definition) is 5. The zero-order chi connectivity index (χ0) is 14.7. The lowest BCUT2D eigenvalue weighted by molar-refractivity contribution is 0.354. The van der Waals surface area contributed by atoms with Gasteiger partial charge in [-0.1, -0.05) is 35.5 Å². The highest BCUT2D eigenvalue weighted by Crippen LogP contribution is 2.21. The van der Waals surface area contributed by atoms with Crippen molar-refractivity contribution in [3.05, 3.63) is 65.8 Å². The second kappa shape index (κ2) is 5.85. The van der Waals surface area contributed by atoms with Gasteiger partial charge in [0.2, 0.25) is 11.7 Å². The van der Waals surface area contributed by atoms with Crippen molar-refractivity contribution in [2.24, 2.45) is 5.73 Å². The monoisotopic (exact) mass is 280 g/mol. The predicted octanol–water partition coefficient (Wildman–Crippen LogP) is 2.68. The molecule has 3 aromatic rings. The first-order chi connectivity index (χ1) is 10.2. The quantitative estimate of drug-likeness (QED) is 0.795. The van der Waals surface area contributed by atoms with Gasteiger partial charge in [-0.3, -0.25) is 4.98 Å². The number of benzene rings is 1. The number of aromatic nitrogens is 3. The summed E-state index contributed by atoms with van der Waals surface area (Å²) in [6, 6.07) is 11.6. The van der Waals surface area contributed by atoms with Gasteiger partial charge in [-0.05, 0) is 30.5 Å². The maximum Gasteiger partial charge on any atom is 0.244 e. The van der Waals surface area contributed by atoms with Gasteiger partial charge in [0.05, 0.1) is 6.04 Å². The van der Waals surface area contributed by atoms with Gasteiger partial charge >= 0.3 is 0 Å². The Hall–Kier alpha value is -2.53. The Morgan fingerprint density at radius 2 is 2.00 bits per heavy atom. The van der Waals surface area contributed by atoms with E-state index in [1.807, 2.05) is 43.3 Å². The van der Waals surface area contributed by atoms with Gasteiger partial charge in [0.25, 0.3) is 0 Å². The number of rotatable bonds is 4. The average Bonchev–Trinajstić information content (AvgIpc) is 2.98. The smallest absolute Gasteiger partial charge is 0.244 e. The molecular weight excluding hydrogens is 264 g/mol. The summed E-state index contributed by atoms with van der Waals surface area (Å²) in [5.74, 6) is 0.999. The second-order valence-corrected chi connectivity index (χ2v) is 4.94. The Labute approximate surface area is 122 Å². The standard InChI is InChI=1S/C16H16N4O/c1-11-10-18-8-7-13(11)15-19-16(21-20-15)14(17)9-12-5-3-2-4-6-12/h2-8,10,14H,9,17H2,1H3/t14-/m0/s1. The zero-order valence-corrected chi connectivity index (χ0v) is 11.7. The van der Waals surface area contributed by atoms with Crippen LogP contribution >= 0.6 is 0 Å². The van der Waals surface area contributed by atoms with E-state index in [9.17, 15) is 0 Å². The molecule has 3 rings (SSSR count). The van der Waals surface area contributed by atoms with E-state index in [1.54, 1.807) is 12.4 Å². The summed E-state index contributed by atoms with van der Waals surface area (Å²) in [5, 5.41) is 4.02. The molecule has 0 bridgehead atoms. The highest BCUT2D eigenvalue weighted by Gasteiger charge is 2.17. The highest BCUT2D eigenvalue weighted by atomic mass is 16.5. The summed E-state index contributed by atoms with van der Waals surface area (Å²) in [5.41, 5.74) is 9.20. The van der Waals surface area contributed by atoms with E-state index in [2.05, 4.69) is 15.1 Å². The molecule has 1 aromatic carbocycles. The lowest BCUT2D eigenvalue weighted by Crippen LogP contribution is -2.13. The maximum absolute atomic E-state index is 6.15. The van der Waals surface area contributed by atoms with E-state index >= 15 is 0 Å². The molecule has 5 nitrogen and oxygen atoms in total. The summed E-state index contributed by atoms with van der Waals surface area (Å²) in [6.07, 6.45) is 4.15.